The van der Waals surface area contributed by atoms with Crippen LogP contribution in [0.4, 0.5) is 35.5 Å². The summed E-state index contributed by atoms with van der Waals surface area (Å²) in [5, 5.41) is 6.27. The van der Waals surface area contributed by atoms with Crippen LogP contribution in [-0.4, -0.2) is 59.6 Å². The highest BCUT2D eigenvalue weighted by Gasteiger charge is 2.68. The number of likely N-dealkylation sites (tertiary alicyclic amines) is 1. The lowest BCUT2D eigenvalue weighted by Crippen LogP contribution is -2.36. The lowest BCUT2D eigenvalue weighted by Gasteiger charge is -2.27. The van der Waals surface area contributed by atoms with E-state index in [1.54, 1.807) is 56.0 Å². The molecule has 0 bridgehead atoms. The van der Waals surface area contributed by atoms with Crippen LogP contribution in [0.1, 0.15) is 126 Å². The number of amides is 2. The lowest BCUT2D eigenvalue weighted by molar-refractivity contribution is -0.142. The zero-order valence-electron chi connectivity index (χ0n) is 34.7. The minimum absolute atomic E-state index is 0.108. The average molecular weight is 888 g/mol. The minimum Gasteiger partial charge on any atom is -0.444 e. The summed E-state index contributed by atoms with van der Waals surface area (Å²) in [5.74, 6) is -3.50. The molecule has 3 aromatic heterocycles. The molecule has 2 fully saturated rings. The van der Waals surface area contributed by atoms with Crippen LogP contribution in [0.2, 0.25) is 0 Å². The fourth-order valence-electron chi connectivity index (χ4n) is 9.15. The van der Waals surface area contributed by atoms with E-state index in [9.17, 15) is 36.3 Å². The maximum absolute atomic E-state index is 15.5. The molecule has 332 valence electrons. The van der Waals surface area contributed by atoms with Crippen molar-refractivity contribution in [2.75, 3.05) is 6.54 Å². The summed E-state index contributed by atoms with van der Waals surface area (Å²) in [4.78, 5) is 53.9. The first-order valence-corrected chi connectivity index (χ1v) is 20.8. The monoisotopic (exact) mass is 887 g/mol. The second-order valence-corrected chi connectivity index (χ2v) is 17.7. The molecule has 2 N–H and O–H groups in total. The van der Waals surface area contributed by atoms with E-state index in [-0.39, 0.29) is 41.7 Å². The third-order valence-electron chi connectivity index (χ3n) is 11.9. The Labute approximate surface area is 361 Å². The molecule has 0 radical (unpaired) electrons. The van der Waals surface area contributed by atoms with Crippen molar-refractivity contribution < 1.29 is 49.9 Å². The number of Topliss-reactive ketones (excluding diaryl/α,β-unsaturated/α-hetero) is 1. The zero-order valence-corrected chi connectivity index (χ0v) is 34.7. The van der Waals surface area contributed by atoms with Gasteiger partial charge in [-0.2, -0.15) is 27.1 Å². The normalized spacial score (nSPS) is 19.9. The third-order valence-corrected chi connectivity index (χ3v) is 11.9. The van der Waals surface area contributed by atoms with Gasteiger partial charge in [0.1, 0.15) is 46.7 Å². The Balaban J connectivity index is 1.09. The van der Waals surface area contributed by atoms with E-state index in [0.29, 0.717) is 58.5 Å². The van der Waals surface area contributed by atoms with Crippen LogP contribution in [0.5, 0.6) is 0 Å². The van der Waals surface area contributed by atoms with Crippen molar-refractivity contribution in [2.24, 2.45) is 5.92 Å². The van der Waals surface area contributed by atoms with Gasteiger partial charge < -0.3 is 15.0 Å². The Morgan fingerprint density at radius 3 is 2.52 bits per heavy atom. The van der Waals surface area contributed by atoms with Crippen LogP contribution in [0.15, 0.2) is 54.7 Å². The maximum Gasteiger partial charge on any atom is 0.435 e. The summed E-state index contributed by atoms with van der Waals surface area (Å²) in [6.07, 6.45) is -3.52. The number of hydrogen-bond acceptors (Lipinski definition) is 7. The lowest BCUT2D eigenvalue weighted by atomic mass is 9.86. The van der Waals surface area contributed by atoms with Crippen molar-refractivity contribution in [1.29, 1.82) is 0 Å². The second-order valence-electron chi connectivity index (χ2n) is 17.7. The predicted molar refractivity (Wildman–Crippen MR) is 215 cm³/mol. The van der Waals surface area contributed by atoms with E-state index < -0.39 is 88.9 Å². The van der Waals surface area contributed by atoms with E-state index in [1.165, 1.54) is 6.20 Å². The Hall–Kier alpha value is -6.51. The van der Waals surface area contributed by atoms with Crippen molar-refractivity contribution in [2.45, 2.75) is 102 Å². The topological polar surface area (TPSA) is 135 Å². The average Bonchev–Trinajstić information content (AvgIpc) is 3.65. The molecule has 5 aromatic rings. The molecule has 1 unspecified atom stereocenters. The van der Waals surface area contributed by atoms with Crippen LogP contribution >= 0.6 is 0 Å². The van der Waals surface area contributed by atoms with Crippen molar-refractivity contribution in [1.82, 2.24) is 34.9 Å². The SMILES string of the molecule is CC(C)(C)OC(=O)N1CCCC1c1ncc(C#Cc2ccc(-c3ccc4c(c3)C(=O)NC4)c([C@@H](CC(=O)Cn3nc(C(F)(F)F)c4c3C(F)(F)[C@@H]3C[C@H]43)Cc3cc(F)cc(F)c3)n2)[nH]1. The van der Waals surface area contributed by atoms with Crippen LogP contribution in [0.25, 0.3) is 11.1 Å². The van der Waals surface area contributed by atoms with Crippen LogP contribution < -0.4 is 5.32 Å². The Morgan fingerprint density at radius 2 is 1.78 bits per heavy atom. The van der Waals surface area contributed by atoms with E-state index in [1.807, 2.05) is 0 Å². The molecule has 2 aliphatic heterocycles. The van der Waals surface area contributed by atoms with Crippen molar-refractivity contribution in [3.05, 3.63) is 123 Å². The number of aromatic amines is 1. The predicted octanol–water partition coefficient (Wildman–Crippen LogP) is 8.88. The van der Waals surface area contributed by atoms with E-state index >= 15 is 8.78 Å². The van der Waals surface area contributed by atoms with Gasteiger partial charge in [-0.25, -0.2) is 23.5 Å². The molecule has 0 spiro atoms. The minimum atomic E-state index is -5.04. The zero-order chi connectivity index (χ0) is 45.5. The number of aromatic nitrogens is 5. The second kappa shape index (κ2) is 15.6. The van der Waals surface area contributed by atoms with Crippen LogP contribution in [0.3, 0.4) is 0 Å². The molecule has 11 nitrogen and oxygen atoms in total. The summed E-state index contributed by atoms with van der Waals surface area (Å²) in [7, 11) is 0. The van der Waals surface area contributed by atoms with Gasteiger partial charge in [0.25, 0.3) is 11.8 Å². The number of nitrogens with zero attached hydrogens (tertiary/aromatic N) is 5. The maximum atomic E-state index is 15.5. The number of carbonyl (C=O) groups is 3. The molecule has 18 heteroatoms. The number of ketones is 1. The highest BCUT2D eigenvalue weighted by Crippen LogP contribution is 2.68. The molecule has 1 saturated carbocycles. The number of ether oxygens (including phenoxy) is 1. The molecule has 2 amide bonds. The number of alkyl halides is 5. The first-order chi connectivity index (χ1) is 30.2. The number of fused-ring (bicyclic) bond motifs is 4. The van der Waals surface area contributed by atoms with Crippen LogP contribution in [-0.2, 0) is 41.1 Å². The van der Waals surface area contributed by atoms with E-state index in [2.05, 4.69) is 32.2 Å². The Morgan fingerprint density at radius 1 is 1.02 bits per heavy atom. The van der Waals surface area contributed by atoms with Crippen molar-refractivity contribution >= 4 is 17.8 Å². The molecule has 9 rings (SSSR count). The molecule has 5 heterocycles. The van der Waals surface area contributed by atoms with E-state index in [4.69, 9.17) is 9.72 Å². The number of imidazole rings is 1. The fraction of sp³-hybridized carbons (Fsp3) is 0.391. The molecule has 2 aliphatic carbocycles. The van der Waals surface area contributed by atoms with Crippen molar-refractivity contribution in [3.8, 4) is 23.0 Å². The largest absolute Gasteiger partial charge is 0.444 e. The number of halogens is 7. The molecular weight excluding hydrogens is 848 g/mol. The van der Waals surface area contributed by atoms with Crippen LogP contribution in [0, 0.1) is 29.4 Å². The molecule has 4 aliphatic rings. The summed E-state index contributed by atoms with van der Waals surface area (Å²) >= 11 is 0. The number of pyridine rings is 1. The summed E-state index contributed by atoms with van der Waals surface area (Å²) in [6, 6.07) is 10.8. The number of carbonyl (C=O) groups excluding carboxylic acids is 3. The van der Waals surface area contributed by atoms with Crippen molar-refractivity contribution in [3.63, 3.8) is 0 Å². The first-order valence-electron chi connectivity index (χ1n) is 20.8. The van der Waals surface area contributed by atoms with Gasteiger partial charge in [0.05, 0.1) is 17.9 Å². The smallest absolute Gasteiger partial charge is 0.435 e. The Bertz CT molecular complexity index is 2780. The Kier molecular flexibility index (Phi) is 10.4. The molecule has 1 saturated heterocycles. The quantitative estimate of drug-likeness (QED) is 0.112. The number of nitrogens with one attached hydrogen (secondary N) is 2. The highest BCUT2D eigenvalue weighted by molar-refractivity contribution is 5.99. The van der Waals surface area contributed by atoms with Gasteiger partial charge in [0.15, 0.2) is 11.5 Å². The van der Waals surface area contributed by atoms with Gasteiger partial charge in [-0.05, 0) is 111 Å². The van der Waals surface area contributed by atoms with Gasteiger partial charge in [-0.3, -0.25) is 19.2 Å². The number of hydrogen-bond donors (Lipinski definition) is 2. The number of H-pyrrole nitrogens is 1. The number of rotatable bonds is 9. The molecule has 64 heavy (non-hydrogen) atoms. The summed E-state index contributed by atoms with van der Waals surface area (Å²) in [5.41, 5.74) is -0.810. The van der Waals surface area contributed by atoms with Gasteiger partial charge in [-0.15, -0.1) is 0 Å². The highest BCUT2D eigenvalue weighted by atomic mass is 19.4. The molecule has 2 aromatic carbocycles. The summed E-state index contributed by atoms with van der Waals surface area (Å²) in [6.45, 7) is 5.18. The van der Waals surface area contributed by atoms with Gasteiger partial charge in [-0.1, -0.05) is 12.1 Å². The fourth-order valence-corrected chi connectivity index (χ4v) is 9.15. The standard InChI is InChI=1S/C46H40F7N7O4/c1-44(2,3)64-43(63)59-12-4-5-36(59)41-54-21-30(57-41)9-8-29-10-11-32(24-6-7-25-20-55-42(62)33(25)17-24)38(56-29)26(13-23-14-27(47)18-28(48)15-23)16-31(61)22-60-40-37(39(58-60)46(51,52)53)34-19-35(34)45(40,49)50/h6-7,10-11,14-15,17-18,21,26,34-36H,4-5,12-13,16,19-20,22H2,1-3H3,(H,54,57)(H,55,62)/t26-,34+,35-,36?/m1/s1. The van der Waals surface area contributed by atoms with E-state index in [0.717, 1.165) is 24.1 Å². The molecular formula is C46H40F7N7O4. The number of benzene rings is 2. The van der Waals surface area contributed by atoms with Gasteiger partial charge in [0, 0.05) is 54.1 Å². The summed E-state index contributed by atoms with van der Waals surface area (Å²) < 4.78 is 109. The third kappa shape index (κ3) is 8.23. The molecule has 4 atom stereocenters. The first kappa shape index (κ1) is 42.8. The van der Waals surface area contributed by atoms with Gasteiger partial charge >= 0.3 is 12.3 Å². The van der Waals surface area contributed by atoms with Gasteiger partial charge in [0.2, 0.25) is 0 Å².